The first-order chi connectivity index (χ1) is 10.1. The van der Waals surface area contributed by atoms with E-state index in [0.29, 0.717) is 11.1 Å². The normalized spacial score (nSPS) is 16.3. The summed E-state index contributed by atoms with van der Waals surface area (Å²) in [7, 11) is 0. The Morgan fingerprint density at radius 1 is 1.38 bits per heavy atom. The first-order valence-electron chi connectivity index (χ1n) is 7.59. The summed E-state index contributed by atoms with van der Waals surface area (Å²) in [4.78, 5) is 13.2. The van der Waals surface area contributed by atoms with Crippen LogP contribution in [0.25, 0.3) is 6.08 Å². The van der Waals surface area contributed by atoms with E-state index in [9.17, 15) is 4.79 Å². The van der Waals surface area contributed by atoms with Crippen LogP contribution >= 0.6 is 11.6 Å². The van der Waals surface area contributed by atoms with Gasteiger partial charge in [-0.3, -0.25) is 0 Å². The second-order valence-electron chi connectivity index (χ2n) is 5.45. The number of hydrogen-bond donors (Lipinski definition) is 1. The Morgan fingerprint density at radius 2 is 2.10 bits per heavy atom. The van der Waals surface area contributed by atoms with E-state index in [1.807, 2.05) is 18.2 Å². The van der Waals surface area contributed by atoms with E-state index >= 15 is 0 Å². The largest absolute Gasteiger partial charge is 0.478 e. The number of rotatable bonds is 5. The van der Waals surface area contributed by atoms with Crippen molar-refractivity contribution in [3.63, 3.8) is 0 Å². The van der Waals surface area contributed by atoms with Crippen LogP contribution in [0, 0.1) is 0 Å². The second-order valence-corrected chi connectivity index (χ2v) is 5.89. The topological polar surface area (TPSA) is 40.5 Å². The van der Waals surface area contributed by atoms with Gasteiger partial charge >= 0.3 is 5.97 Å². The smallest absolute Gasteiger partial charge is 0.328 e. The molecule has 0 aromatic heterocycles. The highest BCUT2D eigenvalue weighted by atomic mass is 35.5. The molecule has 1 fully saturated rings. The van der Waals surface area contributed by atoms with Crippen LogP contribution in [-0.2, 0) is 4.79 Å². The number of nitrogens with zero attached hydrogens (tertiary/aromatic N) is 1. The Morgan fingerprint density at radius 3 is 2.71 bits per heavy atom. The molecule has 0 heterocycles. The molecule has 0 bridgehead atoms. The lowest BCUT2D eigenvalue weighted by atomic mass is 9.93. The first-order valence-corrected chi connectivity index (χ1v) is 7.97. The maximum atomic E-state index is 10.8. The lowest BCUT2D eigenvalue weighted by Gasteiger charge is -2.36. The van der Waals surface area contributed by atoms with Crippen molar-refractivity contribution >= 4 is 29.3 Å². The second kappa shape index (κ2) is 7.51. The van der Waals surface area contributed by atoms with E-state index in [1.165, 1.54) is 38.2 Å². The SMILES string of the molecule is CCN(c1ccc(Cl)cc1/C=C/C(=O)O)C1CCCCC1. The minimum absolute atomic E-state index is 0.543. The number of anilines is 1. The molecule has 2 rings (SSSR count). The Hall–Kier alpha value is -1.48. The summed E-state index contributed by atoms with van der Waals surface area (Å²) in [5, 5.41) is 9.47. The van der Waals surface area contributed by atoms with Crippen LogP contribution in [-0.4, -0.2) is 23.7 Å². The third-order valence-electron chi connectivity index (χ3n) is 4.06. The number of hydrogen-bond acceptors (Lipinski definition) is 2. The Kier molecular flexibility index (Phi) is 5.68. The van der Waals surface area contributed by atoms with Gasteiger partial charge in [0.05, 0.1) is 0 Å². The molecule has 1 aromatic rings. The van der Waals surface area contributed by atoms with Gasteiger partial charge in [-0.15, -0.1) is 0 Å². The number of carboxylic acids is 1. The first kappa shape index (κ1) is 15.9. The van der Waals surface area contributed by atoms with E-state index in [4.69, 9.17) is 16.7 Å². The van der Waals surface area contributed by atoms with Crippen LogP contribution < -0.4 is 4.90 Å². The molecule has 114 valence electrons. The van der Waals surface area contributed by atoms with Gasteiger partial charge in [0.15, 0.2) is 0 Å². The fourth-order valence-corrected chi connectivity index (χ4v) is 3.28. The van der Waals surface area contributed by atoms with Gasteiger partial charge in [0, 0.05) is 29.4 Å². The molecule has 0 radical (unpaired) electrons. The molecule has 0 aliphatic heterocycles. The van der Waals surface area contributed by atoms with Crippen LogP contribution in [0.4, 0.5) is 5.69 Å². The number of aliphatic carboxylic acids is 1. The maximum Gasteiger partial charge on any atom is 0.328 e. The molecule has 1 aliphatic rings. The summed E-state index contributed by atoms with van der Waals surface area (Å²) in [6.45, 7) is 3.06. The molecule has 0 saturated heterocycles. The average Bonchev–Trinajstić information content (AvgIpc) is 2.48. The highest BCUT2D eigenvalue weighted by molar-refractivity contribution is 6.30. The van der Waals surface area contributed by atoms with Gasteiger partial charge < -0.3 is 10.0 Å². The Balaban J connectivity index is 2.32. The van der Waals surface area contributed by atoms with E-state index in [-0.39, 0.29) is 0 Å². The van der Waals surface area contributed by atoms with Crippen LogP contribution in [0.5, 0.6) is 0 Å². The van der Waals surface area contributed by atoms with Crippen molar-refractivity contribution in [2.24, 2.45) is 0 Å². The summed E-state index contributed by atoms with van der Waals surface area (Å²) in [6, 6.07) is 6.26. The van der Waals surface area contributed by atoms with E-state index < -0.39 is 5.97 Å². The summed E-state index contributed by atoms with van der Waals surface area (Å²) >= 11 is 6.07. The van der Waals surface area contributed by atoms with Crippen LogP contribution in [0.15, 0.2) is 24.3 Å². The molecule has 0 spiro atoms. The zero-order chi connectivity index (χ0) is 15.2. The maximum absolute atomic E-state index is 10.8. The number of benzene rings is 1. The molecule has 0 atom stereocenters. The van der Waals surface area contributed by atoms with Crippen molar-refractivity contribution in [2.75, 3.05) is 11.4 Å². The van der Waals surface area contributed by atoms with Crippen molar-refractivity contribution in [3.8, 4) is 0 Å². The van der Waals surface area contributed by atoms with Crippen molar-refractivity contribution in [2.45, 2.75) is 45.1 Å². The van der Waals surface area contributed by atoms with Crippen molar-refractivity contribution in [1.82, 2.24) is 0 Å². The number of carboxylic acid groups (broad SMARTS) is 1. The van der Waals surface area contributed by atoms with E-state index in [0.717, 1.165) is 17.8 Å². The summed E-state index contributed by atoms with van der Waals surface area (Å²) < 4.78 is 0. The molecule has 1 aromatic carbocycles. The third-order valence-corrected chi connectivity index (χ3v) is 4.30. The molecule has 0 amide bonds. The third kappa shape index (κ3) is 4.24. The van der Waals surface area contributed by atoms with Gasteiger partial charge in [-0.05, 0) is 49.6 Å². The van der Waals surface area contributed by atoms with E-state index in [1.54, 1.807) is 6.08 Å². The van der Waals surface area contributed by atoms with Crippen LogP contribution in [0.3, 0.4) is 0 Å². The van der Waals surface area contributed by atoms with Gasteiger partial charge in [-0.2, -0.15) is 0 Å². The number of carbonyl (C=O) groups is 1. The van der Waals surface area contributed by atoms with Crippen molar-refractivity contribution in [1.29, 1.82) is 0 Å². The molecule has 1 saturated carbocycles. The summed E-state index contributed by atoms with van der Waals surface area (Å²) in [5.74, 6) is -0.943. The molecule has 1 aliphatic carbocycles. The Bertz CT molecular complexity index is 522. The van der Waals surface area contributed by atoms with Gasteiger partial charge in [0.2, 0.25) is 0 Å². The molecule has 21 heavy (non-hydrogen) atoms. The number of halogens is 1. The fraction of sp³-hybridized carbons (Fsp3) is 0.471. The van der Waals surface area contributed by atoms with Crippen molar-refractivity contribution in [3.05, 3.63) is 34.9 Å². The predicted octanol–water partition coefficient (Wildman–Crippen LogP) is 4.60. The minimum atomic E-state index is -0.943. The van der Waals surface area contributed by atoms with Gasteiger partial charge in [-0.25, -0.2) is 4.79 Å². The monoisotopic (exact) mass is 307 g/mol. The van der Waals surface area contributed by atoms with E-state index in [2.05, 4.69) is 11.8 Å². The molecule has 4 heteroatoms. The molecule has 1 N–H and O–H groups in total. The summed E-state index contributed by atoms with van der Waals surface area (Å²) in [5.41, 5.74) is 1.95. The molecular formula is C17H22ClNO2. The van der Waals surface area contributed by atoms with Crippen LogP contribution in [0.2, 0.25) is 5.02 Å². The highest BCUT2D eigenvalue weighted by Gasteiger charge is 2.21. The predicted molar refractivity (Wildman–Crippen MR) is 88.0 cm³/mol. The zero-order valence-corrected chi connectivity index (χ0v) is 13.1. The van der Waals surface area contributed by atoms with Gasteiger partial charge in [0.25, 0.3) is 0 Å². The van der Waals surface area contributed by atoms with Gasteiger partial charge in [0.1, 0.15) is 0 Å². The van der Waals surface area contributed by atoms with Gasteiger partial charge in [-0.1, -0.05) is 30.9 Å². The van der Waals surface area contributed by atoms with Crippen LogP contribution in [0.1, 0.15) is 44.6 Å². The standard InChI is InChI=1S/C17H22ClNO2/c1-2-19(15-6-4-3-5-7-15)16-10-9-14(18)12-13(16)8-11-17(20)21/h8-12,15H,2-7H2,1H3,(H,20,21)/b11-8+. The zero-order valence-electron chi connectivity index (χ0n) is 12.4. The summed E-state index contributed by atoms with van der Waals surface area (Å²) in [6.07, 6.45) is 9.08. The fourth-order valence-electron chi connectivity index (χ4n) is 3.10. The lowest BCUT2D eigenvalue weighted by molar-refractivity contribution is -0.131. The minimum Gasteiger partial charge on any atom is -0.478 e. The highest BCUT2D eigenvalue weighted by Crippen LogP contribution is 2.31. The molecule has 0 unspecified atom stereocenters. The molecule has 3 nitrogen and oxygen atoms in total. The quantitative estimate of drug-likeness (QED) is 0.808. The Labute approximate surface area is 131 Å². The molecular weight excluding hydrogens is 286 g/mol. The lowest BCUT2D eigenvalue weighted by Crippen LogP contribution is -2.37. The van der Waals surface area contributed by atoms with Crippen molar-refractivity contribution < 1.29 is 9.90 Å². The average molecular weight is 308 g/mol.